The molecule has 0 spiro atoms. The van der Waals surface area contributed by atoms with Crippen LogP contribution in [0, 0.1) is 5.92 Å². The second kappa shape index (κ2) is 11.0. The van der Waals surface area contributed by atoms with Gasteiger partial charge in [0.1, 0.15) is 6.04 Å². The zero-order valence-corrected chi connectivity index (χ0v) is 23.7. The van der Waals surface area contributed by atoms with E-state index in [4.69, 9.17) is 9.47 Å². The number of aliphatic hydroxyl groups excluding tert-OH is 1. The lowest BCUT2D eigenvalue weighted by atomic mass is 9.87. The lowest BCUT2D eigenvalue weighted by molar-refractivity contribution is -0.130. The molecule has 1 aromatic heterocycles. The number of ether oxygens (including phenoxy) is 2. The van der Waals surface area contributed by atoms with Crippen LogP contribution in [0.2, 0.25) is 0 Å². The molecular weight excluding hydrogens is 518 g/mol. The summed E-state index contributed by atoms with van der Waals surface area (Å²) in [4.78, 5) is 34.7. The number of benzene rings is 2. The number of pyridine rings is 1. The zero-order chi connectivity index (χ0) is 28.7. The predicted octanol–water partition coefficient (Wildman–Crippen LogP) is 4.03. The lowest BCUT2D eigenvalue weighted by Gasteiger charge is -2.35. The molecular formula is C33H37N3O5. The van der Waals surface area contributed by atoms with Crippen LogP contribution in [0.4, 0.5) is 5.69 Å². The Hall–Kier alpha value is -3.59. The zero-order valence-electron chi connectivity index (χ0n) is 23.7. The minimum absolute atomic E-state index is 0.0797. The van der Waals surface area contributed by atoms with Gasteiger partial charge in [0.05, 0.1) is 36.9 Å². The van der Waals surface area contributed by atoms with Gasteiger partial charge in [-0.25, -0.2) is 0 Å². The van der Waals surface area contributed by atoms with Gasteiger partial charge in [0, 0.05) is 36.7 Å². The Morgan fingerprint density at radius 3 is 2.56 bits per heavy atom. The Labute approximate surface area is 240 Å². The van der Waals surface area contributed by atoms with Gasteiger partial charge < -0.3 is 19.9 Å². The van der Waals surface area contributed by atoms with Crippen molar-refractivity contribution >= 4 is 17.5 Å². The fourth-order valence-corrected chi connectivity index (χ4v) is 6.32. The van der Waals surface area contributed by atoms with E-state index in [0.29, 0.717) is 24.3 Å². The number of hydrogen-bond acceptors (Lipinski definition) is 6. The molecule has 2 N–H and O–H groups in total. The van der Waals surface area contributed by atoms with Crippen LogP contribution in [0.15, 0.2) is 73.1 Å². The lowest BCUT2D eigenvalue weighted by Crippen LogP contribution is -2.49. The average Bonchev–Trinajstić information content (AvgIpc) is 3.66. The number of carbonyl (C=O) groups is 2. The van der Waals surface area contributed by atoms with E-state index >= 15 is 0 Å². The smallest absolute Gasteiger partial charge is 0.248 e. The topological polar surface area (TPSA) is 101 Å². The first-order valence-corrected chi connectivity index (χ1v) is 14.4. The molecule has 3 aromatic rings. The molecule has 2 aromatic carbocycles. The number of aliphatic hydroxyl groups is 1. The second-order valence-corrected chi connectivity index (χ2v) is 12.3. The largest absolute Gasteiger partial charge is 0.390 e. The highest BCUT2D eigenvalue weighted by Crippen LogP contribution is 2.38. The minimum atomic E-state index is -1.03. The molecule has 2 amide bonds. The van der Waals surface area contributed by atoms with E-state index in [-0.39, 0.29) is 30.1 Å². The van der Waals surface area contributed by atoms with Crippen molar-refractivity contribution in [1.29, 1.82) is 0 Å². The summed E-state index contributed by atoms with van der Waals surface area (Å²) in [5.41, 5.74) is 4.09. The Morgan fingerprint density at radius 1 is 1.05 bits per heavy atom. The molecule has 41 heavy (non-hydrogen) atoms. The summed E-state index contributed by atoms with van der Waals surface area (Å²) >= 11 is 0. The highest BCUT2D eigenvalue weighted by atomic mass is 16.6. The summed E-state index contributed by atoms with van der Waals surface area (Å²) in [6, 6.07) is 17.5. The average molecular weight is 556 g/mol. The molecule has 8 heteroatoms. The van der Waals surface area contributed by atoms with Gasteiger partial charge in [-0.2, -0.15) is 0 Å². The van der Waals surface area contributed by atoms with Crippen LogP contribution < -0.4 is 10.2 Å². The van der Waals surface area contributed by atoms with Crippen LogP contribution in [0.1, 0.15) is 61.5 Å². The van der Waals surface area contributed by atoms with E-state index in [2.05, 4.69) is 31.1 Å². The Balaban J connectivity index is 1.41. The summed E-state index contributed by atoms with van der Waals surface area (Å²) in [6.07, 6.45) is 3.23. The van der Waals surface area contributed by atoms with Crippen LogP contribution in [0.3, 0.4) is 0 Å². The second-order valence-electron chi connectivity index (χ2n) is 12.3. The molecule has 3 aliphatic rings. The third-order valence-corrected chi connectivity index (χ3v) is 8.54. The van der Waals surface area contributed by atoms with E-state index in [9.17, 15) is 14.7 Å². The third-order valence-electron chi connectivity index (χ3n) is 8.54. The van der Waals surface area contributed by atoms with Gasteiger partial charge in [0.15, 0.2) is 0 Å². The summed E-state index contributed by atoms with van der Waals surface area (Å²) in [5, 5.41) is 14.0. The van der Waals surface area contributed by atoms with E-state index in [1.54, 1.807) is 29.4 Å². The Kier molecular flexibility index (Phi) is 7.40. The maximum atomic E-state index is 14.5. The number of anilines is 1. The number of aromatic nitrogens is 1. The quantitative estimate of drug-likeness (QED) is 0.476. The molecule has 1 aliphatic carbocycles. The summed E-state index contributed by atoms with van der Waals surface area (Å²) in [5.74, 6) is -1.18. The summed E-state index contributed by atoms with van der Waals surface area (Å²) in [6.45, 7) is 7.19. The number of fused-ring (bicyclic) bond motifs is 2. The van der Waals surface area contributed by atoms with Crippen LogP contribution in [0.25, 0.3) is 0 Å². The first-order chi connectivity index (χ1) is 19.7. The molecule has 0 radical (unpaired) electrons. The number of nitrogens with zero attached hydrogens (tertiary/aromatic N) is 2. The highest BCUT2D eigenvalue weighted by Gasteiger charge is 2.49. The molecule has 2 aliphatic heterocycles. The molecule has 0 saturated carbocycles. The van der Waals surface area contributed by atoms with Crippen molar-refractivity contribution in [2.24, 2.45) is 5.92 Å². The van der Waals surface area contributed by atoms with Crippen molar-refractivity contribution in [3.8, 4) is 0 Å². The van der Waals surface area contributed by atoms with Crippen molar-refractivity contribution in [3.05, 3.63) is 95.3 Å². The van der Waals surface area contributed by atoms with E-state index < -0.39 is 30.0 Å². The van der Waals surface area contributed by atoms with Gasteiger partial charge in [-0.15, -0.1) is 0 Å². The van der Waals surface area contributed by atoms with Gasteiger partial charge >= 0.3 is 0 Å². The SMILES string of the molecule is CC(C)(C)c1ccc(N(C(=O)C2COC3CCOC32)C(C(=O)N[C@@H]2c3ccccc3C[C@@H]2O)c2cccnc2)cc1. The molecule has 4 unspecified atom stereocenters. The van der Waals surface area contributed by atoms with Gasteiger partial charge in [0.25, 0.3) is 0 Å². The Bertz CT molecular complexity index is 1400. The van der Waals surface area contributed by atoms with Crippen molar-refractivity contribution in [2.75, 3.05) is 18.1 Å². The number of amides is 2. The summed E-state index contributed by atoms with van der Waals surface area (Å²) in [7, 11) is 0. The van der Waals surface area contributed by atoms with Crippen LogP contribution >= 0.6 is 0 Å². The van der Waals surface area contributed by atoms with Crippen molar-refractivity contribution in [1.82, 2.24) is 10.3 Å². The standard InChI is InChI=1S/C33H37N3O5/c1-33(2,3)22-10-12-23(13-11-22)36(32(39)25-19-41-27-14-16-40-30(25)27)29(21-8-6-15-34-18-21)31(38)35-28-24-9-5-4-7-20(24)17-26(28)37/h4-13,15,18,25-30,37H,14,16-17,19H2,1-3H3,(H,35,38)/t25?,26-,27?,28+,29?,30?/m0/s1. The van der Waals surface area contributed by atoms with E-state index in [0.717, 1.165) is 23.1 Å². The molecule has 0 bridgehead atoms. The van der Waals surface area contributed by atoms with E-state index in [1.807, 2.05) is 48.5 Å². The first-order valence-electron chi connectivity index (χ1n) is 14.4. The molecule has 8 nitrogen and oxygen atoms in total. The third kappa shape index (κ3) is 5.27. The molecule has 2 saturated heterocycles. The summed E-state index contributed by atoms with van der Waals surface area (Å²) < 4.78 is 11.9. The molecule has 6 rings (SSSR count). The number of carbonyl (C=O) groups excluding carboxylic acids is 2. The normalized spacial score (nSPS) is 25.8. The number of nitrogens with one attached hydrogen (secondary N) is 1. The van der Waals surface area contributed by atoms with Crippen molar-refractivity contribution < 1.29 is 24.2 Å². The van der Waals surface area contributed by atoms with Gasteiger partial charge in [0.2, 0.25) is 11.8 Å². The maximum absolute atomic E-state index is 14.5. The van der Waals surface area contributed by atoms with Crippen molar-refractivity contribution in [2.45, 2.75) is 69.4 Å². The van der Waals surface area contributed by atoms with E-state index in [1.165, 1.54) is 0 Å². The fraction of sp³-hybridized carbons (Fsp3) is 0.424. The first kappa shape index (κ1) is 27.6. The minimum Gasteiger partial charge on any atom is -0.390 e. The molecule has 6 atom stereocenters. The maximum Gasteiger partial charge on any atom is 0.248 e. The molecule has 2 fully saturated rings. The molecule has 214 valence electrons. The number of rotatable bonds is 6. The van der Waals surface area contributed by atoms with Gasteiger partial charge in [-0.05, 0) is 46.7 Å². The van der Waals surface area contributed by atoms with Gasteiger partial charge in [-0.3, -0.25) is 19.5 Å². The van der Waals surface area contributed by atoms with Crippen LogP contribution in [0.5, 0.6) is 0 Å². The van der Waals surface area contributed by atoms with Gasteiger partial charge in [-0.1, -0.05) is 63.2 Å². The molecule has 3 heterocycles. The van der Waals surface area contributed by atoms with Crippen LogP contribution in [-0.2, 0) is 30.9 Å². The predicted molar refractivity (Wildman–Crippen MR) is 154 cm³/mol. The monoisotopic (exact) mass is 555 g/mol. The Morgan fingerprint density at radius 2 is 1.83 bits per heavy atom. The fourth-order valence-electron chi connectivity index (χ4n) is 6.32. The van der Waals surface area contributed by atoms with Crippen LogP contribution in [-0.4, -0.2) is 53.4 Å². The highest BCUT2D eigenvalue weighted by molar-refractivity contribution is 6.03. The van der Waals surface area contributed by atoms with Crippen molar-refractivity contribution in [3.63, 3.8) is 0 Å². The number of hydrogen-bond donors (Lipinski definition) is 2.